The Kier molecular flexibility index (Phi) is 3.22. The Hall–Kier alpha value is -2.32. The molecule has 0 aliphatic carbocycles. The highest BCUT2D eigenvalue weighted by molar-refractivity contribution is 5.90. The molecule has 2 aromatic heterocycles. The van der Waals surface area contributed by atoms with Crippen LogP contribution in [0.25, 0.3) is 11.0 Å². The van der Waals surface area contributed by atoms with Gasteiger partial charge in [-0.2, -0.15) is 18.3 Å². The highest BCUT2D eigenvalue weighted by Gasteiger charge is 2.37. The Bertz CT molecular complexity index is 739. The first kappa shape index (κ1) is 14.6. The lowest BCUT2D eigenvalue weighted by atomic mass is 10.1. The summed E-state index contributed by atoms with van der Waals surface area (Å²) in [7, 11) is 0. The van der Waals surface area contributed by atoms with Crippen molar-refractivity contribution < 1.29 is 18.0 Å². The number of nitrogens with zero attached hydrogens (tertiary/aromatic N) is 3. The lowest BCUT2D eigenvalue weighted by Crippen LogP contribution is -2.28. The van der Waals surface area contributed by atoms with Crippen molar-refractivity contribution in [3.8, 4) is 0 Å². The predicted octanol–water partition coefficient (Wildman–Crippen LogP) is 2.24. The minimum absolute atomic E-state index is 0.0854. The maximum atomic E-state index is 13.3. The van der Waals surface area contributed by atoms with Crippen LogP contribution in [0.5, 0.6) is 0 Å². The molecule has 118 valence electrons. The zero-order valence-electron chi connectivity index (χ0n) is 11.7. The lowest BCUT2D eigenvalue weighted by Gasteiger charge is -2.23. The maximum Gasteiger partial charge on any atom is 0.417 e. The second-order valence-corrected chi connectivity index (χ2v) is 5.30. The minimum atomic E-state index is -4.58. The molecule has 6 nitrogen and oxygen atoms in total. The van der Waals surface area contributed by atoms with Crippen molar-refractivity contribution in [2.24, 2.45) is 0 Å². The Morgan fingerprint density at radius 3 is 2.86 bits per heavy atom. The number of carbonyl (C=O) groups is 1. The first-order chi connectivity index (χ1) is 10.3. The number of H-pyrrole nitrogens is 1. The first-order valence-electron chi connectivity index (χ1n) is 6.78. The van der Waals surface area contributed by atoms with Crippen LogP contribution in [0.15, 0.2) is 6.07 Å². The number of amides is 1. The van der Waals surface area contributed by atoms with E-state index in [9.17, 15) is 18.0 Å². The van der Waals surface area contributed by atoms with E-state index in [1.54, 1.807) is 0 Å². The van der Waals surface area contributed by atoms with Crippen LogP contribution in [0.2, 0.25) is 0 Å². The van der Waals surface area contributed by atoms with Gasteiger partial charge in [-0.15, -0.1) is 0 Å². The molecule has 1 unspecified atom stereocenters. The van der Waals surface area contributed by atoms with Gasteiger partial charge < -0.3 is 10.6 Å². The predicted molar refractivity (Wildman–Crippen MR) is 72.7 cm³/mol. The van der Waals surface area contributed by atoms with Crippen molar-refractivity contribution in [2.75, 3.05) is 12.3 Å². The number of nitrogen functional groups attached to an aromatic ring is 1. The summed E-state index contributed by atoms with van der Waals surface area (Å²) >= 11 is 0. The molecule has 22 heavy (non-hydrogen) atoms. The van der Waals surface area contributed by atoms with E-state index in [0.717, 1.165) is 12.5 Å². The van der Waals surface area contributed by atoms with Crippen LogP contribution in [-0.2, 0) is 11.0 Å². The number of alkyl halides is 3. The van der Waals surface area contributed by atoms with Crippen LogP contribution in [0.4, 0.5) is 19.0 Å². The lowest BCUT2D eigenvalue weighted by molar-refractivity contribution is -0.136. The molecule has 1 aliphatic heterocycles. The molecular formula is C13H14F3N5O. The number of likely N-dealkylation sites (tertiary alicyclic amines) is 1. The van der Waals surface area contributed by atoms with Crippen LogP contribution >= 0.6 is 0 Å². The van der Waals surface area contributed by atoms with Gasteiger partial charge in [0.05, 0.1) is 22.7 Å². The zero-order chi connectivity index (χ0) is 16.1. The highest BCUT2D eigenvalue weighted by atomic mass is 19.4. The molecule has 2 aromatic rings. The van der Waals surface area contributed by atoms with Gasteiger partial charge in [0.15, 0.2) is 5.65 Å². The number of anilines is 1. The van der Waals surface area contributed by atoms with Crippen molar-refractivity contribution in [3.05, 3.63) is 17.3 Å². The van der Waals surface area contributed by atoms with Crippen LogP contribution in [0.3, 0.4) is 0 Å². The molecule has 0 radical (unpaired) electrons. The summed E-state index contributed by atoms with van der Waals surface area (Å²) in [6.45, 7) is 1.91. The number of aromatic nitrogens is 3. The highest BCUT2D eigenvalue weighted by Crippen LogP contribution is 2.39. The van der Waals surface area contributed by atoms with Gasteiger partial charge in [-0.25, -0.2) is 4.98 Å². The second-order valence-electron chi connectivity index (χ2n) is 5.30. The fourth-order valence-corrected chi connectivity index (χ4v) is 2.91. The molecule has 0 saturated carbocycles. The molecule has 1 atom stereocenters. The van der Waals surface area contributed by atoms with E-state index < -0.39 is 17.8 Å². The number of rotatable bonds is 1. The molecule has 3 heterocycles. The number of pyridine rings is 1. The van der Waals surface area contributed by atoms with Crippen molar-refractivity contribution >= 4 is 22.8 Å². The van der Waals surface area contributed by atoms with Crippen molar-refractivity contribution in [1.29, 1.82) is 0 Å². The number of halogens is 3. The third-order valence-corrected chi connectivity index (χ3v) is 3.88. The number of hydrogen-bond acceptors (Lipinski definition) is 4. The van der Waals surface area contributed by atoms with E-state index in [1.165, 1.54) is 11.8 Å². The Morgan fingerprint density at radius 1 is 1.50 bits per heavy atom. The van der Waals surface area contributed by atoms with Gasteiger partial charge in [-0.1, -0.05) is 0 Å². The summed E-state index contributed by atoms with van der Waals surface area (Å²) in [5.41, 5.74) is 4.76. The molecule has 1 fully saturated rings. The third kappa shape index (κ3) is 2.26. The topological polar surface area (TPSA) is 87.9 Å². The van der Waals surface area contributed by atoms with Gasteiger partial charge in [0.2, 0.25) is 5.91 Å². The molecule has 9 heteroatoms. The molecule has 3 rings (SSSR count). The maximum absolute atomic E-state index is 13.3. The minimum Gasteiger partial charge on any atom is -0.383 e. The van der Waals surface area contributed by atoms with Crippen molar-refractivity contribution in [1.82, 2.24) is 20.1 Å². The smallest absolute Gasteiger partial charge is 0.383 e. The number of aromatic amines is 1. The number of carbonyl (C=O) groups excluding carboxylic acids is 1. The van der Waals surface area contributed by atoms with Gasteiger partial charge in [-0.05, 0) is 18.9 Å². The molecule has 1 amide bonds. The summed E-state index contributed by atoms with van der Waals surface area (Å²) in [6.07, 6.45) is -3.27. The van der Waals surface area contributed by atoms with E-state index in [1.807, 2.05) is 0 Å². The van der Waals surface area contributed by atoms with Crippen LogP contribution < -0.4 is 5.73 Å². The van der Waals surface area contributed by atoms with E-state index in [2.05, 4.69) is 15.2 Å². The van der Waals surface area contributed by atoms with Gasteiger partial charge in [0.1, 0.15) is 5.82 Å². The van der Waals surface area contributed by atoms with Crippen LogP contribution in [0.1, 0.15) is 37.1 Å². The number of hydrogen-bond donors (Lipinski definition) is 2. The summed E-state index contributed by atoms with van der Waals surface area (Å²) in [6, 6.07) is 0.515. The van der Waals surface area contributed by atoms with Crippen LogP contribution in [0, 0.1) is 0 Å². The molecular weight excluding hydrogens is 299 g/mol. The average Bonchev–Trinajstić information content (AvgIpc) is 3.04. The summed E-state index contributed by atoms with van der Waals surface area (Å²) in [4.78, 5) is 17.3. The fourth-order valence-electron chi connectivity index (χ4n) is 2.91. The summed E-state index contributed by atoms with van der Waals surface area (Å²) in [5.74, 6) is -0.351. The SMILES string of the molecule is CC(=O)N1CCCC1c1cc(C(F)(F)F)c2c(N)[nH]nc2n1. The monoisotopic (exact) mass is 313 g/mol. The summed E-state index contributed by atoms with van der Waals surface area (Å²) in [5, 5.41) is 5.82. The van der Waals surface area contributed by atoms with Crippen molar-refractivity contribution in [2.45, 2.75) is 32.0 Å². The quantitative estimate of drug-likeness (QED) is 0.845. The fraction of sp³-hybridized carbons (Fsp3) is 0.462. The molecule has 3 N–H and O–H groups in total. The van der Waals surface area contributed by atoms with E-state index in [4.69, 9.17) is 5.73 Å². The standard InChI is InChI=1S/C13H14F3N5O/c1-6(22)21-4-2-3-9(21)8-5-7(13(14,15)16)10-11(17)19-20-12(10)18-8/h5,9H,2-4H2,1H3,(H3,17,18,19,20). The van der Waals surface area contributed by atoms with Gasteiger partial charge in [-0.3, -0.25) is 9.89 Å². The molecule has 0 bridgehead atoms. The zero-order valence-corrected chi connectivity index (χ0v) is 11.7. The van der Waals surface area contributed by atoms with Crippen molar-refractivity contribution in [3.63, 3.8) is 0 Å². The van der Waals surface area contributed by atoms with Gasteiger partial charge in [0, 0.05) is 13.5 Å². The number of nitrogens with one attached hydrogen (secondary N) is 1. The normalized spacial score (nSPS) is 19.1. The molecule has 0 aromatic carbocycles. The van der Waals surface area contributed by atoms with E-state index in [-0.39, 0.29) is 28.5 Å². The third-order valence-electron chi connectivity index (χ3n) is 3.88. The Balaban J connectivity index is 2.18. The average molecular weight is 313 g/mol. The summed E-state index contributed by atoms with van der Waals surface area (Å²) < 4.78 is 39.9. The Labute approximate surface area is 123 Å². The van der Waals surface area contributed by atoms with Gasteiger partial charge >= 0.3 is 6.18 Å². The van der Waals surface area contributed by atoms with Crippen LogP contribution in [-0.4, -0.2) is 32.5 Å². The Morgan fingerprint density at radius 2 is 2.23 bits per heavy atom. The largest absolute Gasteiger partial charge is 0.417 e. The molecule has 1 aliphatic rings. The first-order valence-corrected chi connectivity index (χ1v) is 6.78. The van der Waals surface area contributed by atoms with Gasteiger partial charge in [0.25, 0.3) is 0 Å². The molecule has 1 saturated heterocycles. The second kappa shape index (κ2) is 4.85. The number of nitrogens with two attached hydrogens (primary N) is 1. The van der Waals surface area contributed by atoms with E-state index in [0.29, 0.717) is 13.0 Å². The number of fused-ring (bicyclic) bond motifs is 1. The molecule has 0 spiro atoms. The van der Waals surface area contributed by atoms with E-state index >= 15 is 0 Å².